The van der Waals surface area contributed by atoms with Gasteiger partial charge in [-0.1, -0.05) is 13.8 Å². The van der Waals surface area contributed by atoms with E-state index in [1.807, 2.05) is 19.9 Å². The van der Waals surface area contributed by atoms with Gasteiger partial charge in [-0.3, -0.25) is 9.19 Å². The lowest BCUT2D eigenvalue weighted by Gasteiger charge is -2.08. The highest BCUT2D eigenvalue weighted by molar-refractivity contribution is 7.85. The van der Waals surface area contributed by atoms with Crippen molar-refractivity contribution < 1.29 is 4.21 Å². The van der Waals surface area contributed by atoms with Crippen LogP contribution in [0, 0.1) is 11.3 Å². The molecule has 0 N–H and O–H groups in total. The van der Waals surface area contributed by atoms with Crippen molar-refractivity contribution in [3.05, 3.63) is 24.0 Å². The lowest BCUT2D eigenvalue weighted by atomic mass is 10.0. The molecule has 0 saturated heterocycles. The van der Waals surface area contributed by atoms with Gasteiger partial charge in [0.2, 0.25) is 0 Å². The molecule has 0 bridgehead atoms. The summed E-state index contributed by atoms with van der Waals surface area (Å²) in [7, 11) is -0.967. The van der Waals surface area contributed by atoms with Crippen LogP contribution < -0.4 is 0 Å². The second-order valence-electron chi connectivity index (χ2n) is 3.35. The fourth-order valence-electron chi connectivity index (χ4n) is 1.25. The fraction of sp³-hybridized carbons (Fsp3) is 0.455. The van der Waals surface area contributed by atoms with E-state index in [1.54, 1.807) is 12.4 Å². The molecule has 0 amide bonds. The maximum absolute atomic E-state index is 11.6. The van der Waals surface area contributed by atoms with E-state index in [0.717, 1.165) is 10.5 Å². The van der Waals surface area contributed by atoms with Crippen molar-refractivity contribution >= 4 is 10.8 Å². The van der Waals surface area contributed by atoms with E-state index < -0.39 is 10.8 Å². The first-order valence-electron chi connectivity index (χ1n) is 4.89. The van der Waals surface area contributed by atoms with Crippen LogP contribution in [0.1, 0.15) is 31.7 Å². The van der Waals surface area contributed by atoms with Crippen molar-refractivity contribution in [3.8, 4) is 6.07 Å². The monoisotopic (exact) mass is 222 g/mol. The molecule has 2 atom stereocenters. The molecule has 0 aromatic carbocycles. The summed E-state index contributed by atoms with van der Waals surface area (Å²) >= 11 is 0. The highest BCUT2D eigenvalue weighted by Crippen LogP contribution is 2.19. The van der Waals surface area contributed by atoms with Gasteiger partial charge < -0.3 is 0 Å². The number of aromatic nitrogens is 1. The lowest BCUT2D eigenvalue weighted by Crippen LogP contribution is -1.99. The van der Waals surface area contributed by atoms with Gasteiger partial charge in [0.1, 0.15) is 0 Å². The minimum Gasteiger partial charge on any atom is -0.263 e. The number of hydrogen-bond donors (Lipinski definition) is 0. The SMILES string of the molecule is CCS(=O)c1cncc([C@@H](C)CC#N)c1. The first-order chi connectivity index (χ1) is 7.19. The van der Waals surface area contributed by atoms with Gasteiger partial charge in [0.05, 0.1) is 21.8 Å². The van der Waals surface area contributed by atoms with E-state index in [2.05, 4.69) is 11.1 Å². The largest absolute Gasteiger partial charge is 0.263 e. The van der Waals surface area contributed by atoms with Gasteiger partial charge in [-0.25, -0.2) is 0 Å². The zero-order chi connectivity index (χ0) is 11.3. The Bertz CT molecular complexity index is 398. The van der Waals surface area contributed by atoms with E-state index >= 15 is 0 Å². The van der Waals surface area contributed by atoms with Gasteiger partial charge in [-0.15, -0.1) is 0 Å². The zero-order valence-corrected chi connectivity index (χ0v) is 9.75. The summed E-state index contributed by atoms with van der Waals surface area (Å²) in [6, 6.07) is 4.01. The van der Waals surface area contributed by atoms with E-state index in [4.69, 9.17) is 5.26 Å². The van der Waals surface area contributed by atoms with Crippen LogP contribution in [-0.2, 0) is 10.8 Å². The minimum absolute atomic E-state index is 0.149. The Morgan fingerprint density at radius 2 is 2.33 bits per heavy atom. The lowest BCUT2D eigenvalue weighted by molar-refractivity contribution is 0.683. The maximum atomic E-state index is 11.6. The standard InChI is InChI=1S/C11H14N2OS/c1-3-15(14)11-6-10(7-13-8-11)9(2)4-5-12/h6-9H,3-4H2,1-2H3/t9-,15?/m0/s1. The Labute approximate surface area is 92.6 Å². The van der Waals surface area contributed by atoms with Crippen LogP contribution in [0.15, 0.2) is 23.4 Å². The second-order valence-corrected chi connectivity index (χ2v) is 5.09. The third kappa shape index (κ3) is 3.14. The molecule has 0 fully saturated rings. The molecule has 1 rings (SSSR count). The topological polar surface area (TPSA) is 53.8 Å². The summed E-state index contributed by atoms with van der Waals surface area (Å²) in [5.41, 5.74) is 0.982. The molecule has 0 saturated carbocycles. The molecule has 1 unspecified atom stereocenters. The Hall–Kier alpha value is -1.21. The molecule has 3 nitrogen and oxygen atoms in total. The Morgan fingerprint density at radius 1 is 1.60 bits per heavy atom. The van der Waals surface area contributed by atoms with Crippen molar-refractivity contribution in [2.45, 2.75) is 31.1 Å². The van der Waals surface area contributed by atoms with E-state index in [1.165, 1.54) is 0 Å². The van der Waals surface area contributed by atoms with Crippen LogP contribution >= 0.6 is 0 Å². The first kappa shape index (κ1) is 11.9. The van der Waals surface area contributed by atoms with E-state index in [9.17, 15) is 4.21 Å². The zero-order valence-electron chi connectivity index (χ0n) is 8.93. The molecule has 0 spiro atoms. The van der Waals surface area contributed by atoms with Crippen LogP contribution in [-0.4, -0.2) is 14.9 Å². The second kappa shape index (κ2) is 5.62. The molecule has 15 heavy (non-hydrogen) atoms. The Balaban J connectivity index is 2.93. The number of nitriles is 1. The van der Waals surface area contributed by atoms with Crippen molar-refractivity contribution in [1.29, 1.82) is 5.26 Å². The fourth-order valence-corrected chi connectivity index (χ4v) is 2.03. The summed E-state index contributed by atoms with van der Waals surface area (Å²) in [5.74, 6) is 0.744. The van der Waals surface area contributed by atoms with Gasteiger partial charge >= 0.3 is 0 Å². The van der Waals surface area contributed by atoms with Crippen LogP contribution in [0.3, 0.4) is 0 Å². The normalized spacial score (nSPS) is 14.2. The predicted octanol–water partition coefficient (Wildman–Crippen LogP) is 2.23. The number of nitrogens with zero attached hydrogens (tertiary/aromatic N) is 2. The van der Waals surface area contributed by atoms with E-state index in [-0.39, 0.29) is 5.92 Å². The van der Waals surface area contributed by atoms with Crippen molar-refractivity contribution in [2.24, 2.45) is 0 Å². The highest BCUT2D eigenvalue weighted by Gasteiger charge is 2.08. The minimum atomic E-state index is -0.967. The molecule has 1 aromatic rings. The molecular weight excluding hydrogens is 208 g/mol. The number of rotatable bonds is 4. The smallest absolute Gasteiger partial charge is 0.0628 e. The summed E-state index contributed by atoms with van der Waals surface area (Å²) in [4.78, 5) is 4.80. The molecule has 1 heterocycles. The quantitative estimate of drug-likeness (QED) is 0.785. The molecule has 0 aliphatic carbocycles. The van der Waals surface area contributed by atoms with Crippen LogP contribution in [0.4, 0.5) is 0 Å². The van der Waals surface area contributed by atoms with Crippen molar-refractivity contribution in [2.75, 3.05) is 5.75 Å². The third-order valence-electron chi connectivity index (χ3n) is 2.23. The summed E-state index contributed by atoms with van der Waals surface area (Å²) in [6.45, 7) is 3.85. The Morgan fingerprint density at radius 3 is 2.93 bits per heavy atom. The molecule has 1 aromatic heterocycles. The Kier molecular flexibility index (Phi) is 4.44. The highest BCUT2D eigenvalue weighted by atomic mass is 32.2. The number of pyridine rings is 1. The molecule has 0 aliphatic rings. The molecule has 4 heteroatoms. The van der Waals surface area contributed by atoms with Crippen LogP contribution in [0.25, 0.3) is 0 Å². The number of hydrogen-bond acceptors (Lipinski definition) is 3. The maximum Gasteiger partial charge on any atom is 0.0628 e. The molecular formula is C11H14N2OS. The first-order valence-corrected chi connectivity index (χ1v) is 6.21. The summed E-state index contributed by atoms with van der Waals surface area (Å²) in [6.07, 6.45) is 3.82. The van der Waals surface area contributed by atoms with Crippen LogP contribution in [0.5, 0.6) is 0 Å². The predicted molar refractivity (Wildman–Crippen MR) is 59.8 cm³/mol. The molecule has 0 aliphatic heterocycles. The average Bonchev–Trinajstić information content (AvgIpc) is 2.28. The third-order valence-corrected chi connectivity index (χ3v) is 3.50. The van der Waals surface area contributed by atoms with Gasteiger partial charge in [0.15, 0.2) is 0 Å². The van der Waals surface area contributed by atoms with Gasteiger partial charge in [-0.05, 0) is 17.5 Å². The van der Waals surface area contributed by atoms with Crippen LogP contribution in [0.2, 0.25) is 0 Å². The van der Waals surface area contributed by atoms with Crippen molar-refractivity contribution in [1.82, 2.24) is 4.98 Å². The molecule has 0 radical (unpaired) electrons. The molecule has 80 valence electrons. The van der Waals surface area contributed by atoms with Gasteiger partial charge in [0, 0.05) is 24.6 Å². The summed E-state index contributed by atoms with van der Waals surface area (Å²) in [5, 5.41) is 8.59. The average molecular weight is 222 g/mol. The summed E-state index contributed by atoms with van der Waals surface area (Å²) < 4.78 is 11.6. The van der Waals surface area contributed by atoms with Gasteiger partial charge in [0.25, 0.3) is 0 Å². The van der Waals surface area contributed by atoms with E-state index in [0.29, 0.717) is 12.2 Å². The van der Waals surface area contributed by atoms with Gasteiger partial charge in [-0.2, -0.15) is 5.26 Å². The van der Waals surface area contributed by atoms with Crippen molar-refractivity contribution in [3.63, 3.8) is 0 Å².